The van der Waals surface area contributed by atoms with E-state index in [0.29, 0.717) is 5.88 Å². The molecule has 2 aromatic rings. The number of nitrogens with one attached hydrogen (secondary N) is 1. The Morgan fingerprint density at radius 2 is 2.05 bits per heavy atom. The van der Waals surface area contributed by atoms with E-state index >= 15 is 0 Å². The summed E-state index contributed by atoms with van der Waals surface area (Å²) in [6.07, 6.45) is 7.69. The predicted octanol–water partition coefficient (Wildman–Crippen LogP) is 1.36. The quantitative estimate of drug-likeness (QED) is 0.844. The average Bonchev–Trinajstić information content (AvgIpc) is 2.49. The van der Waals surface area contributed by atoms with Gasteiger partial charge in [-0.2, -0.15) is 10.2 Å². The first kappa shape index (κ1) is 13.4. The molecule has 2 rings (SSSR count). The summed E-state index contributed by atoms with van der Waals surface area (Å²) in [5.41, 5.74) is 1.74. The van der Waals surface area contributed by atoms with Gasteiger partial charge in [-0.25, -0.2) is 4.98 Å². The van der Waals surface area contributed by atoms with E-state index < -0.39 is 0 Å². The van der Waals surface area contributed by atoms with Gasteiger partial charge in [-0.05, 0) is 24.6 Å². The highest BCUT2D eigenvalue weighted by Gasteiger charge is 2.20. The second kappa shape index (κ2) is 6.75. The van der Waals surface area contributed by atoms with Crippen LogP contribution in [0.2, 0.25) is 0 Å². The molecule has 6 nitrogen and oxygen atoms in total. The van der Waals surface area contributed by atoms with Crippen LogP contribution in [0.3, 0.4) is 0 Å². The zero-order valence-electron chi connectivity index (χ0n) is 11.1. The molecule has 100 valence electrons. The minimum Gasteiger partial charge on any atom is -0.480 e. The lowest BCUT2D eigenvalue weighted by Gasteiger charge is -2.19. The SMILES string of the molecule is CCCNC(c1ccnnc1)c1nccnc1OC. The molecule has 1 N–H and O–H groups in total. The molecule has 0 spiro atoms. The number of aromatic nitrogens is 4. The van der Waals surface area contributed by atoms with E-state index in [-0.39, 0.29) is 6.04 Å². The van der Waals surface area contributed by atoms with Crippen LogP contribution in [0.15, 0.2) is 30.9 Å². The van der Waals surface area contributed by atoms with Gasteiger partial charge in [0, 0.05) is 18.6 Å². The standard InChI is InChI=1S/C13H17N5O/c1-3-5-14-11(10-4-6-17-18-9-10)12-13(19-2)16-8-7-15-12/h4,6-9,11,14H,3,5H2,1-2H3. The molecule has 0 aliphatic rings. The average molecular weight is 259 g/mol. The van der Waals surface area contributed by atoms with Crippen LogP contribution >= 0.6 is 0 Å². The molecule has 0 fully saturated rings. The van der Waals surface area contributed by atoms with Gasteiger partial charge in [0.15, 0.2) is 0 Å². The molecule has 0 saturated heterocycles. The van der Waals surface area contributed by atoms with Crippen molar-refractivity contribution in [2.75, 3.05) is 13.7 Å². The molecule has 1 unspecified atom stereocenters. The molecule has 2 aromatic heterocycles. The smallest absolute Gasteiger partial charge is 0.237 e. The Bertz CT molecular complexity index is 505. The summed E-state index contributed by atoms with van der Waals surface area (Å²) >= 11 is 0. The molecule has 0 saturated carbocycles. The zero-order valence-corrected chi connectivity index (χ0v) is 11.1. The van der Waals surface area contributed by atoms with E-state index in [4.69, 9.17) is 4.74 Å². The van der Waals surface area contributed by atoms with Crippen LogP contribution in [0, 0.1) is 0 Å². The van der Waals surface area contributed by atoms with Crippen LogP contribution in [0.4, 0.5) is 0 Å². The van der Waals surface area contributed by atoms with E-state index in [2.05, 4.69) is 32.4 Å². The molecule has 2 heterocycles. The fraction of sp³-hybridized carbons (Fsp3) is 0.385. The third-order valence-corrected chi connectivity index (χ3v) is 2.70. The monoisotopic (exact) mass is 259 g/mol. The van der Waals surface area contributed by atoms with Crippen molar-refractivity contribution < 1.29 is 4.74 Å². The van der Waals surface area contributed by atoms with Gasteiger partial charge in [0.1, 0.15) is 5.69 Å². The zero-order chi connectivity index (χ0) is 13.5. The van der Waals surface area contributed by atoms with Crippen molar-refractivity contribution in [2.24, 2.45) is 0 Å². The molecule has 6 heteroatoms. The normalized spacial score (nSPS) is 12.1. The van der Waals surface area contributed by atoms with E-state index in [1.165, 1.54) is 0 Å². The van der Waals surface area contributed by atoms with Crippen molar-refractivity contribution in [3.8, 4) is 5.88 Å². The lowest BCUT2D eigenvalue weighted by molar-refractivity contribution is 0.382. The van der Waals surface area contributed by atoms with Crippen LogP contribution in [-0.4, -0.2) is 33.8 Å². The Labute approximate surface area is 112 Å². The van der Waals surface area contributed by atoms with E-state index in [1.807, 2.05) is 6.07 Å². The maximum absolute atomic E-state index is 5.28. The Hall–Kier alpha value is -2.08. The Morgan fingerprint density at radius 1 is 1.21 bits per heavy atom. The van der Waals surface area contributed by atoms with Crippen molar-refractivity contribution in [1.82, 2.24) is 25.5 Å². The van der Waals surface area contributed by atoms with Crippen molar-refractivity contribution in [1.29, 1.82) is 0 Å². The van der Waals surface area contributed by atoms with Gasteiger partial charge < -0.3 is 10.1 Å². The van der Waals surface area contributed by atoms with Crippen LogP contribution < -0.4 is 10.1 Å². The number of nitrogens with zero attached hydrogens (tertiary/aromatic N) is 4. The molecule has 0 radical (unpaired) electrons. The molecule has 0 amide bonds. The molecular weight excluding hydrogens is 242 g/mol. The van der Waals surface area contributed by atoms with Crippen molar-refractivity contribution in [3.05, 3.63) is 42.1 Å². The van der Waals surface area contributed by atoms with Crippen LogP contribution in [0.5, 0.6) is 5.88 Å². The van der Waals surface area contributed by atoms with Crippen molar-refractivity contribution in [2.45, 2.75) is 19.4 Å². The lowest BCUT2D eigenvalue weighted by atomic mass is 10.1. The first-order valence-corrected chi connectivity index (χ1v) is 6.21. The van der Waals surface area contributed by atoms with E-state index in [1.54, 1.807) is 31.9 Å². The molecule has 1 atom stereocenters. The van der Waals surface area contributed by atoms with Gasteiger partial charge in [0.2, 0.25) is 5.88 Å². The molecule has 0 aliphatic carbocycles. The van der Waals surface area contributed by atoms with Crippen molar-refractivity contribution in [3.63, 3.8) is 0 Å². The second-order valence-electron chi connectivity index (χ2n) is 4.01. The number of rotatable bonds is 6. The Kier molecular flexibility index (Phi) is 4.74. The van der Waals surface area contributed by atoms with Crippen molar-refractivity contribution >= 4 is 0 Å². The fourth-order valence-electron chi connectivity index (χ4n) is 1.82. The second-order valence-corrected chi connectivity index (χ2v) is 4.01. The third-order valence-electron chi connectivity index (χ3n) is 2.70. The number of hydrogen-bond acceptors (Lipinski definition) is 6. The summed E-state index contributed by atoms with van der Waals surface area (Å²) in [5.74, 6) is 0.521. The van der Waals surface area contributed by atoms with Crippen LogP contribution in [-0.2, 0) is 0 Å². The van der Waals surface area contributed by atoms with Gasteiger partial charge in [-0.3, -0.25) is 4.98 Å². The van der Waals surface area contributed by atoms with Gasteiger partial charge in [-0.15, -0.1) is 0 Å². The largest absolute Gasteiger partial charge is 0.480 e. The summed E-state index contributed by atoms with van der Waals surface area (Å²) in [5, 5.41) is 11.1. The lowest BCUT2D eigenvalue weighted by Crippen LogP contribution is -2.25. The Balaban J connectivity index is 2.37. The first-order chi connectivity index (χ1) is 9.36. The summed E-state index contributed by atoms with van der Waals surface area (Å²) in [4.78, 5) is 8.57. The summed E-state index contributed by atoms with van der Waals surface area (Å²) in [6, 6.07) is 1.81. The fourth-order valence-corrected chi connectivity index (χ4v) is 1.82. The number of methoxy groups -OCH3 is 1. The van der Waals surface area contributed by atoms with Crippen LogP contribution in [0.1, 0.15) is 30.6 Å². The molecular formula is C13H17N5O. The summed E-state index contributed by atoms with van der Waals surface area (Å²) in [6.45, 7) is 2.98. The minimum atomic E-state index is -0.0981. The van der Waals surface area contributed by atoms with E-state index in [9.17, 15) is 0 Å². The molecule has 0 aliphatic heterocycles. The summed E-state index contributed by atoms with van der Waals surface area (Å²) in [7, 11) is 1.59. The predicted molar refractivity (Wildman–Crippen MR) is 70.8 cm³/mol. The van der Waals surface area contributed by atoms with Gasteiger partial charge in [0.05, 0.1) is 19.3 Å². The molecule has 19 heavy (non-hydrogen) atoms. The maximum atomic E-state index is 5.28. The van der Waals surface area contributed by atoms with E-state index in [0.717, 1.165) is 24.2 Å². The highest BCUT2D eigenvalue weighted by atomic mass is 16.5. The minimum absolute atomic E-state index is 0.0981. The first-order valence-electron chi connectivity index (χ1n) is 6.21. The van der Waals surface area contributed by atoms with Gasteiger partial charge >= 0.3 is 0 Å². The maximum Gasteiger partial charge on any atom is 0.237 e. The van der Waals surface area contributed by atoms with Gasteiger partial charge in [0.25, 0.3) is 0 Å². The Morgan fingerprint density at radius 3 is 2.74 bits per heavy atom. The topological polar surface area (TPSA) is 72.8 Å². The summed E-state index contributed by atoms with van der Waals surface area (Å²) < 4.78 is 5.28. The number of ether oxygens (including phenoxy) is 1. The highest BCUT2D eigenvalue weighted by Crippen LogP contribution is 2.25. The highest BCUT2D eigenvalue weighted by molar-refractivity contribution is 5.30. The molecule has 0 aromatic carbocycles. The third kappa shape index (κ3) is 3.23. The van der Waals surface area contributed by atoms with Gasteiger partial charge in [-0.1, -0.05) is 6.92 Å². The molecule has 0 bridgehead atoms. The van der Waals surface area contributed by atoms with Crippen LogP contribution in [0.25, 0.3) is 0 Å². The number of hydrogen-bond donors (Lipinski definition) is 1.